The molecule has 1 aromatic heterocycles. The lowest BCUT2D eigenvalue weighted by Gasteiger charge is -2.32. The fraction of sp³-hybridized carbons (Fsp3) is 0.0385. The molecule has 2 nitrogen and oxygen atoms in total. The Balaban J connectivity index is 1.09. The zero-order valence-corrected chi connectivity index (χ0v) is 29.9. The van der Waals surface area contributed by atoms with Gasteiger partial charge in [-0.15, -0.1) is 0 Å². The van der Waals surface area contributed by atoms with Crippen LogP contribution in [0.3, 0.4) is 0 Å². The van der Waals surface area contributed by atoms with E-state index in [9.17, 15) is 0 Å². The Morgan fingerprint density at radius 3 is 1.81 bits per heavy atom. The third kappa shape index (κ3) is 5.52. The maximum atomic E-state index is 2.47. The molecule has 9 aromatic rings. The van der Waals surface area contributed by atoms with Gasteiger partial charge >= 0.3 is 0 Å². The van der Waals surface area contributed by atoms with E-state index in [0.717, 1.165) is 17.8 Å². The molecule has 0 radical (unpaired) electrons. The Kier molecular flexibility index (Phi) is 8.00. The van der Waals surface area contributed by atoms with Crippen LogP contribution in [0.15, 0.2) is 218 Å². The van der Waals surface area contributed by atoms with E-state index < -0.39 is 0 Å². The van der Waals surface area contributed by atoms with Crippen molar-refractivity contribution in [3.05, 3.63) is 224 Å². The van der Waals surface area contributed by atoms with Crippen LogP contribution < -0.4 is 4.90 Å². The van der Waals surface area contributed by atoms with Crippen LogP contribution in [0.25, 0.3) is 60.5 Å². The number of anilines is 2. The maximum absolute atomic E-state index is 2.47. The van der Waals surface area contributed by atoms with Gasteiger partial charge < -0.3 is 9.47 Å². The highest BCUT2D eigenvalue weighted by molar-refractivity contribution is 6.20. The Morgan fingerprint density at radius 2 is 1.07 bits per heavy atom. The summed E-state index contributed by atoms with van der Waals surface area (Å²) in [6, 6.07) is 70.3. The molecule has 0 fully saturated rings. The van der Waals surface area contributed by atoms with E-state index >= 15 is 0 Å². The first kappa shape index (κ1) is 31.8. The summed E-state index contributed by atoms with van der Waals surface area (Å²) in [6.07, 6.45) is 7.83. The molecule has 0 amide bonds. The topological polar surface area (TPSA) is 8.17 Å². The smallest absolute Gasteiger partial charge is 0.0622 e. The van der Waals surface area contributed by atoms with Crippen molar-refractivity contribution in [3.63, 3.8) is 0 Å². The molecule has 0 saturated carbocycles. The molecule has 0 aliphatic heterocycles. The molecule has 0 N–H and O–H groups in total. The minimum Gasteiger partial charge on any atom is -0.314 e. The van der Waals surface area contributed by atoms with Crippen molar-refractivity contribution in [1.82, 2.24) is 4.57 Å². The molecule has 256 valence electrons. The summed E-state index contributed by atoms with van der Waals surface area (Å²) in [6.45, 7) is 0. The number of nitrogens with zero attached hydrogens (tertiary/aromatic N) is 2. The van der Waals surface area contributed by atoms with Crippen LogP contribution in [0.1, 0.15) is 17.9 Å². The molecule has 8 aromatic carbocycles. The van der Waals surface area contributed by atoms with Crippen LogP contribution in [0.5, 0.6) is 0 Å². The van der Waals surface area contributed by atoms with Crippen LogP contribution in [0.4, 0.5) is 11.4 Å². The molecule has 54 heavy (non-hydrogen) atoms. The lowest BCUT2D eigenvalue weighted by Crippen LogP contribution is -2.19. The number of hydrogen-bond donors (Lipinski definition) is 0. The third-order valence-corrected chi connectivity index (χ3v) is 10.9. The maximum Gasteiger partial charge on any atom is 0.0622 e. The molecular formula is C52H38N2. The van der Waals surface area contributed by atoms with Gasteiger partial charge in [0.2, 0.25) is 0 Å². The van der Waals surface area contributed by atoms with E-state index in [1.165, 1.54) is 71.8 Å². The summed E-state index contributed by atoms with van der Waals surface area (Å²) < 4.78 is 2.47. The molecule has 1 aliphatic rings. The molecule has 0 saturated heterocycles. The Labute approximate surface area is 316 Å². The Hall–Kier alpha value is -6.90. The van der Waals surface area contributed by atoms with Crippen molar-refractivity contribution in [2.75, 3.05) is 4.90 Å². The van der Waals surface area contributed by atoms with Crippen molar-refractivity contribution in [2.24, 2.45) is 0 Å². The molecule has 1 heterocycles. The van der Waals surface area contributed by atoms with Gasteiger partial charge in [-0.1, -0.05) is 158 Å². The minimum atomic E-state index is 0.176. The molecule has 2 heteroatoms. The SMILES string of the molecule is C1=CC(c2cc3ccccc3c3c2c2ccccc2n3-c2ccccc2)CC(N(c2ccccc2)c2ccc(-c3ccccc3-c3ccccc3)cc2)=C1. The highest BCUT2D eigenvalue weighted by Crippen LogP contribution is 2.45. The van der Waals surface area contributed by atoms with Gasteiger partial charge in [-0.2, -0.15) is 0 Å². The molecule has 1 atom stereocenters. The van der Waals surface area contributed by atoms with Gasteiger partial charge in [-0.25, -0.2) is 0 Å². The lowest BCUT2D eigenvalue weighted by molar-refractivity contribution is 0.801. The summed E-state index contributed by atoms with van der Waals surface area (Å²) in [5.41, 5.74) is 13.5. The fourth-order valence-electron chi connectivity index (χ4n) is 8.50. The number of para-hydroxylation sites is 3. The minimum absolute atomic E-state index is 0.176. The number of benzene rings is 8. The van der Waals surface area contributed by atoms with Gasteiger partial charge in [0.05, 0.1) is 11.0 Å². The van der Waals surface area contributed by atoms with Crippen molar-refractivity contribution in [2.45, 2.75) is 12.3 Å². The first-order valence-electron chi connectivity index (χ1n) is 18.8. The van der Waals surface area contributed by atoms with E-state index in [0.29, 0.717) is 0 Å². The predicted octanol–water partition coefficient (Wildman–Crippen LogP) is 14.0. The molecular weight excluding hydrogens is 653 g/mol. The third-order valence-electron chi connectivity index (χ3n) is 10.9. The van der Waals surface area contributed by atoms with E-state index in [-0.39, 0.29) is 5.92 Å². The van der Waals surface area contributed by atoms with Gasteiger partial charge in [0.25, 0.3) is 0 Å². The average molecular weight is 691 g/mol. The molecule has 1 unspecified atom stereocenters. The molecule has 1 aliphatic carbocycles. The molecule has 10 rings (SSSR count). The van der Waals surface area contributed by atoms with Gasteiger partial charge in [-0.05, 0) is 94.2 Å². The van der Waals surface area contributed by atoms with Gasteiger partial charge in [-0.3, -0.25) is 0 Å². The zero-order valence-electron chi connectivity index (χ0n) is 29.9. The monoisotopic (exact) mass is 690 g/mol. The largest absolute Gasteiger partial charge is 0.314 e. The summed E-state index contributed by atoms with van der Waals surface area (Å²) in [4.78, 5) is 2.44. The van der Waals surface area contributed by atoms with Crippen molar-refractivity contribution >= 4 is 44.0 Å². The van der Waals surface area contributed by atoms with E-state index in [1.807, 2.05) is 0 Å². The highest BCUT2D eigenvalue weighted by atomic mass is 15.1. The van der Waals surface area contributed by atoms with E-state index in [4.69, 9.17) is 0 Å². The summed E-state index contributed by atoms with van der Waals surface area (Å²) in [7, 11) is 0. The number of allylic oxidation sites excluding steroid dienone is 4. The highest BCUT2D eigenvalue weighted by Gasteiger charge is 2.26. The summed E-state index contributed by atoms with van der Waals surface area (Å²) in [5, 5.41) is 5.15. The molecule has 0 bridgehead atoms. The quantitative estimate of drug-likeness (QED) is 0.162. The number of aromatic nitrogens is 1. The Bertz CT molecular complexity index is 2830. The van der Waals surface area contributed by atoms with Crippen LogP contribution in [0.2, 0.25) is 0 Å². The van der Waals surface area contributed by atoms with E-state index in [1.54, 1.807) is 0 Å². The Morgan fingerprint density at radius 1 is 0.500 bits per heavy atom. The summed E-state index contributed by atoms with van der Waals surface area (Å²) >= 11 is 0. The van der Waals surface area contributed by atoms with Crippen LogP contribution in [0, 0.1) is 0 Å². The second kappa shape index (κ2) is 13.6. The van der Waals surface area contributed by atoms with Gasteiger partial charge in [0, 0.05) is 44.8 Å². The van der Waals surface area contributed by atoms with E-state index in [2.05, 4.69) is 222 Å². The van der Waals surface area contributed by atoms with Crippen LogP contribution in [-0.4, -0.2) is 4.57 Å². The second-order valence-electron chi connectivity index (χ2n) is 14.1. The van der Waals surface area contributed by atoms with Crippen molar-refractivity contribution in [3.8, 4) is 27.9 Å². The zero-order chi connectivity index (χ0) is 35.8. The number of rotatable bonds is 7. The second-order valence-corrected chi connectivity index (χ2v) is 14.1. The summed E-state index contributed by atoms with van der Waals surface area (Å²) in [5.74, 6) is 0.176. The normalized spacial score (nSPS) is 14.1. The lowest BCUT2D eigenvalue weighted by atomic mass is 9.85. The van der Waals surface area contributed by atoms with Gasteiger partial charge in [0.15, 0.2) is 0 Å². The first-order chi connectivity index (χ1) is 26.8. The molecule has 0 spiro atoms. The van der Waals surface area contributed by atoms with Crippen LogP contribution in [-0.2, 0) is 0 Å². The standard InChI is InChI=1S/C52H38N2/c1-4-17-37(18-5-1)45-26-12-13-27-46(45)38-31-33-43(34-32-38)53(41-21-6-2-7-22-41)44-25-16-20-39(35-44)49-36-40-19-10-11-28-47(40)52-51(49)48-29-14-15-30-50(48)54(52)42-23-8-3-9-24-42/h1-34,36,39H,35H2. The van der Waals surface area contributed by atoms with Crippen molar-refractivity contribution < 1.29 is 0 Å². The van der Waals surface area contributed by atoms with Crippen LogP contribution >= 0.6 is 0 Å². The van der Waals surface area contributed by atoms with Crippen molar-refractivity contribution in [1.29, 1.82) is 0 Å². The average Bonchev–Trinajstić information content (AvgIpc) is 3.61. The number of fused-ring (bicyclic) bond motifs is 5. The number of hydrogen-bond acceptors (Lipinski definition) is 1. The van der Waals surface area contributed by atoms with Gasteiger partial charge in [0.1, 0.15) is 0 Å². The fourth-order valence-corrected chi connectivity index (χ4v) is 8.50. The predicted molar refractivity (Wildman–Crippen MR) is 229 cm³/mol. The first-order valence-corrected chi connectivity index (χ1v) is 18.8.